The molecule has 0 saturated heterocycles. The number of aryl methyl sites for hydroxylation is 1. The van der Waals surface area contributed by atoms with Crippen LogP contribution in [-0.2, 0) is 13.5 Å². The number of hydrogen-bond donors (Lipinski definition) is 1. The Bertz CT molecular complexity index is 260. The maximum Gasteiger partial charge on any atom is 0.0558 e. The van der Waals surface area contributed by atoms with Crippen LogP contribution in [0.25, 0.3) is 0 Å². The third-order valence-electron chi connectivity index (χ3n) is 2.47. The Morgan fingerprint density at radius 3 is 2.79 bits per heavy atom. The molecule has 4 nitrogen and oxygen atoms in total. The molecule has 0 fully saturated rings. The molecule has 0 bridgehead atoms. The van der Waals surface area contributed by atoms with Gasteiger partial charge in [-0.1, -0.05) is 6.92 Å². The summed E-state index contributed by atoms with van der Waals surface area (Å²) in [6.45, 7) is 5.07. The molecule has 1 rings (SSSR count). The minimum absolute atomic E-state index is 0.235. The number of aliphatic hydroxyl groups is 1. The zero-order valence-corrected chi connectivity index (χ0v) is 8.98. The van der Waals surface area contributed by atoms with Crippen LogP contribution in [0, 0.1) is 0 Å². The quantitative estimate of drug-likeness (QED) is 0.712. The number of rotatable bonds is 6. The first-order valence-electron chi connectivity index (χ1n) is 5.08. The Balaban J connectivity index is 2.35. The van der Waals surface area contributed by atoms with Gasteiger partial charge in [-0.25, -0.2) is 0 Å². The lowest BCUT2D eigenvalue weighted by Crippen LogP contribution is -2.29. The van der Waals surface area contributed by atoms with E-state index >= 15 is 0 Å². The summed E-state index contributed by atoms with van der Waals surface area (Å²) in [5.74, 6) is 0. The Hall–Kier alpha value is -0.870. The van der Waals surface area contributed by atoms with Gasteiger partial charge in [0, 0.05) is 38.4 Å². The fourth-order valence-corrected chi connectivity index (χ4v) is 1.49. The second-order valence-corrected chi connectivity index (χ2v) is 3.35. The second kappa shape index (κ2) is 5.78. The molecule has 0 unspecified atom stereocenters. The van der Waals surface area contributed by atoms with Gasteiger partial charge in [0.25, 0.3) is 0 Å². The maximum atomic E-state index is 8.82. The summed E-state index contributed by atoms with van der Waals surface area (Å²) < 4.78 is 1.90. The van der Waals surface area contributed by atoms with E-state index in [9.17, 15) is 0 Å². The van der Waals surface area contributed by atoms with Crippen molar-refractivity contribution in [3.05, 3.63) is 18.0 Å². The van der Waals surface area contributed by atoms with E-state index < -0.39 is 0 Å². The molecule has 0 aliphatic heterocycles. The normalized spacial score (nSPS) is 11.1. The number of aliphatic hydroxyl groups excluding tert-OH is 1. The molecule has 1 N–H and O–H groups in total. The van der Waals surface area contributed by atoms with Gasteiger partial charge >= 0.3 is 0 Å². The smallest absolute Gasteiger partial charge is 0.0558 e. The van der Waals surface area contributed by atoms with Crippen molar-refractivity contribution in [3.8, 4) is 0 Å². The lowest BCUT2D eigenvalue weighted by atomic mass is 10.3. The van der Waals surface area contributed by atoms with E-state index in [0.717, 1.165) is 26.1 Å². The molecule has 0 aliphatic rings. The molecular formula is C10H19N3O. The molecule has 1 aromatic heterocycles. The minimum atomic E-state index is 0.235. The van der Waals surface area contributed by atoms with E-state index in [1.165, 1.54) is 5.69 Å². The third-order valence-corrected chi connectivity index (χ3v) is 2.47. The van der Waals surface area contributed by atoms with Gasteiger partial charge in [-0.2, -0.15) is 5.10 Å². The fraction of sp³-hybridized carbons (Fsp3) is 0.700. The molecule has 0 aliphatic carbocycles. The van der Waals surface area contributed by atoms with Crippen molar-refractivity contribution in [2.45, 2.75) is 13.3 Å². The lowest BCUT2D eigenvalue weighted by Gasteiger charge is -2.18. The summed E-state index contributed by atoms with van der Waals surface area (Å²) in [7, 11) is 1.96. The predicted octanol–water partition coefficient (Wildman–Crippen LogP) is 0.277. The highest BCUT2D eigenvalue weighted by Gasteiger charge is 2.03. The van der Waals surface area contributed by atoms with Crippen LogP contribution in [0.15, 0.2) is 12.3 Å². The van der Waals surface area contributed by atoms with E-state index in [0.29, 0.717) is 0 Å². The second-order valence-electron chi connectivity index (χ2n) is 3.35. The summed E-state index contributed by atoms with van der Waals surface area (Å²) >= 11 is 0. The Labute approximate surface area is 85.1 Å². The van der Waals surface area contributed by atoms with Gasteiger partial charge in [-0.15, -0.1) is 0 Å². The van der Waals surface area contributed by atoms with Gasteiger partial charge in [-0.3, -0.25) is 4.68 Å². The van der Waals surface area contributed by atoms with E-state index in [1.807, 2.05) is 24.0 Å². The van der Waals surface area contributed by atoms with Gasteiger partial charge < -0.3 is 10.0 Å². The first-order chi connectivity index (χ1) is 6.77. The van der Waals surface area contributed by atoms with Crippen molar-refractivity contribution in [2.75, 3.05) is 26.2 Å². The highest BCUT2D eigenvalue weighted by molar-refractivity contribution is 5.00. The van der Waals surface area contributed by atoms with Crippen molar-refractivity contribution >= 4 is 0 Å². The predicted molar refractivity (Wildman–Crippen MR) is 56.1 cm³/mol. The highest BCUT2D eigenvalue weighted by Crippen LogP contribution is 1.99. The average Bonchev–Trinajstić information content (AvgIpc) is 2.59. The van der Waals surface area contributed by atoms with Gasteiger partial charge in [0.15, 0.2) is 0 Å². The van der Waals surface area contributed by atoms with E-state index in [-0.39, 0.29) is 6.61 Å². The number of nitrogens with zero attached hydrogens (tertiary/aromatic N) is 3. The Kier molecular flexibility index (Phi) is 4.62. The first kappa shape index (κ1) is 11.2. The summed E-state index contributed by atoms with van der Waals surface area (Å²) in [6, 6.07) is 2.03. The zero-order valence-electron chi connectivity index (χ0n) is 8.98. The van der Waals surface area contributed by atoms with Crippen LogP contribution in [-0.4, -0.2) is 46.0 Å². The average molecular weight is 197 g/mol. The van der Waals surface area contributed by atoms with Crippen LogP contribution in [0.5, 0.6) is 0 Å². The van der Waals surface area contributed by atoms with Crippen LogP contribution in [0.3, 0.4) is 0 Å². The van der Waals surface area contributed by atoms with Crippen LogP contribution in [0.2, 0.25) is 0 Å². The van der Waals surface area contributed by atoms with E-state index in [2.05, 4.69) is 16.9 Å². The summed E-state index contributed by atoms with van der Waals surface area (Å²) in [6.07, 6.45) is 2.81. The van der Waals surface area contributed by atoms with Gasteiger partial charge in [0.1, 0.15) is 0 Å². The van der Waals surface area contributed by atoms with E-state index in [1.54, 1.807) is 0 Å². The van der Waals surface area contributed by atoms with Crippen molar-refractivity contribution in [1.29, 1.82) is 0 Å². The summed E-state index contributed by atoms with van der Waals surface area (Å²) in [5.41, 5.74) is 1.24. The molecule has 0 aromatic carbocycles. The zero-order chi connectivity index (χ0) is 10.4. The highest BCUT2D eigenvalue weighted by atomic mass is 16.3. The standard InChI is InChI=1S/C10H19N3O/c1-3-13(8-9-14)7-5-10-4-6-11-12(10)2/h4,6,14H,3,5,7-9H2,1-2H3. The summed E-state index contributed by atoms with van der Waals surface area (Å²) in [5, 5.41) is 12.9. The summed E-state index contributed by atoms with van der Waals surface area (Å²) in [4.78, 5) is 2.23. The molecular weight excluding hydrogens is 178 g/mol. The van der Waals surface area contributed by atoms with Crippen molar-refractivity contribution in [3.63, 3.8) is 0 Å². The number of aromatic nitrogens is 2. The molecule has 0 spiro atoms. The van der Waals surface area contributed by atoms with Crippen LogP contribution >= 0.6 is 0 Å². The minimum Gasteiger partial charge on any atom is -0.395 e. The molecule has 80 valence electrons. The molecule has 0 radical (unpaired) electrons. The molecule has 0 saturated carbocycles. The molecule has 0 atom stereocenters. The fourth-order valence-electron chi connectivity index (χ4n) is 1.49. The molecule has 0 amide bonds. The Morgan fingerprint density at radius 1 is 1.50 bits per heavy atom. The van der Waals surface area contributed by atoms with Gasteiger partial charge in [0.2, 0.25) is 0 Å². The Morgan fingerprint density at radius 2 is 2.29 bits per heavy atom. The topological polar surface area (TPSA) is 41.3 Å². The first-order valence-corrected chi connectivity index (χ1v) is 5.08. The van der Waals surface area contributed by atoms with E-state index in [4.69, 9.17) is 5.11 Å². The maximum absolute atomic E-state index is 8.82. The number of likely N-dealkylation sites (N-methyl/N-ethyl adjacent to an activating group) is 1. The van der Waals surface area contributed by atoms with Crippen molar-refractivity contribution in [1.82, 2.24) is 14.7 Å². The van der Waals surface area contributed by atoms with Crippen LogP contribution in [0.4, 0.5) is 0 Å². The van der Waals surface area contributed by atoms with Gasteiger partial charge in [-0.05, 0) is 12.6 Å². The largest absolute Gasteiger partial charge is 0.395 e. The molecule has 4 heteroatoms. The van der Waals surface area contributed by atoms with Gasteiger partial charge in [0.05, 0.1) is 6.61 Å². The van der Waals surface area contributed by atoms with Crippen LogP contribution in [0.1, 0.15) is 12.6 Å². The molecule has 1 heterocycles. The monoisotopic (exact) mass is 197 g/mol. The number of hydrogen-bond acceptors (Lipinski definition) is 3. The molecule has 14 heavy (non-hydrogen) atoms. The third kappa shape index (κ3) is 3.12. The lowest BCUT2D eigenvalue weighted by molar-refractivity contribution is 0.203. The van der Waals surface area contributed by atoms with Crippen molar-refractivity contribution in [2.24, 2.45) is 7.05 Å². The van der Waals surface area contributed by atoms with Crippen LogP contribution < -0.4 is 0 Å². The van der Waals surface area contributed by atoms with Crippen molar-refractivity contribution < 1.29 is 5.11 Å². The molecule has 1 aromatic rings. The SMILES string of the molecule is CCN(CCO)CCc1ccnn1C.